The third-order valence-corrected chi connectivity index (χ3v) is 3.34. The maximum atomic E-state index is 11.9. The van der Waals surface area contributed by atoms with E-state index in [0.717, 1.165) is 10.7 Å². The molecule has 0 saturated carbocycles. The lowest BCUT2D eigenvalue weighted by Crippen LogP contribution is -2.23. The Balaban J connectivity index is 2.00. The number of aryl methyl sites for hydroxylation is 1. The molecular weight excluding hydrogens is 268 g/mol. The summed E-state index contributed by atoms with van der Waals surface area (Å²) in [5.74, 6) is -1.25. The third-order valence-electron chi connectivity index (χ3n) is 2.37. The Kier molecular flexibility index (Phi) is 3.96. The van der Waals surface area contributed by atoms with Gasteiger partial charge >= 0.3 is 5.97 Å². The number of carboxylic acids is 1. The van der Waals surface area contributed by atoms with Gasteiger partial charge in [-0.05, 0) is 13.0 Å². The molecule has 0 aliphatic rings. The van der Waals surface area contributed by atoms with Crippen LogP contribution in [0.4, 0.5) is 0 Å². The van der Waals surface area contributed by atoms with E-state index in [-0.39, 0.29) is 23.7 Å². The number of aliphatic carboxylic acids is 1. The summed E-state index contributed by atoms with van der Waals surface area (Å²) in [6.07, 6.45) is 0.993. The van der Waals surface area contributed by atoms with Gasteiger partial charge in [0.05, 0.1) is 18.4 Å². The predicted molar refractivity (Wildman–Crippen MR) is 68.1 cm³/mol. The molecule has 2 N–H and O–H groups in total. The maximum absolute atomic E-state index is 11.9. The molecule has 2 aromatic heterocycles. The quantitative estimate of drug-likeness (QED) is 0.867. The number of carbonyl (C=O) groups excluding carboxylic acids is 1. The lowest BCUT2D eigenvalue weighted by molar-refractivity contribution is -0.136. The molecular formula is C12H12N2O4S. The highest BCUT2D eigenvalue weighted by atomic mass is 32.1. The van der Waals surface area contributed by atoms with E-state index in [1.165, 1.54) is 23.7 Å². The monoisotopic (exact) mass is 280 g/mol. The van der Waals surface area contributed by atoms with E-state index in [4.69, 9.17) is 9.52 Å². The molecule has 0 atom stereocenters. The van der Waals surface area contributed by atoms with Crippen LogP contribution in [0.1, 0.15) is 26.8 Å². The van der Waals surface area contributed by atoms with Gasteiger partial charge in [-0.2, -0.15) is 0 Å². The molecule has 0 aliphatic carbocycles. The largest absolute Gasteiger partial charge is 0.481 e. The van der Waals surface area contributed by atoms with Gasteiger partial charge in [0.25, 0.3) is 5.91 Å². The van der Waals surface area contributed by atoms with Crippen molar-refractivity contribution in [2.75, 3.05) is 0 Å². The Morgan fingerprint density at radius 3 is 2.95 bits per heavy atom. The number of rotatable bonds is 5. The van der Waals surface area contributed by atoms with Gasteiger partial charge in [0, 0.05) is 11.1 Å². The first-order valence-electron chi connectivity index (χ1n) is 5.53. The van der Waals surface area contributed by atoms with E-state index >= 15 is 0 Å². The van der Waals surface area contributed by atoms with E-state index in [1.807, 2.05) is 12.3 Å². The maximum Gasteiger partial charge on any atom is 0.311 e. The van der Waals surface area contributed by atoms with Crippen molar-refractivity contribution in [3.05, 3.63) is 39.7 Å². The van der Waals surface area contributed by atoms with Gasteiger partial charge in [0.2, 0.25) is 0 Å². The van der Waals surface area contributed by atoms with Crippen molar-refractivity contribution in [1.82, 2.24) is 10.3 Å². The van der Waals surface area contributed by atoms with Gasteiger partial charge in [0.1, 0.15) is 17.2 Å². The Hall–Kier alpha value is -2.15. The van der Waals surface area contributed by atoms with Crippen molar-refractivity contribution in [3.63, 3.8) is 0 Å². The average Bonchev–Trinajstić information content (AvgIpc) is 2.94. The fraction of sp³-hybridized carbons (Fsp3) is 0.250. The lowest BCUT2D eigenvalue weighted by Gasteiger charge is -2.02. The summed E-state index contributed by atoms with van der Waals surface area (Å²) >= 11 is 1.46. The molecule has 0 radical (unpaired) electrons. The van der Waals surface area contributed by atoms with Crippen molar-refractivity contribution in [2.45, 2.75) is 19.9 Å². The first-order valence-corrected chi connectivity index (χ1v) is 6.41. The number of nitrogens with one attached hydrogen (secondary N) is 1. The van der Waals surface area contributed by atoms with E-state index in [9.17, 15) is 9.59 Å². The lowest BCUT2D eigenvalue weighted by atomic mass is 10.2. The molecule has 0 unspecified atom stereocenters. The van der Waals surface area contributed by atoms with Gasteiger partial charge in [-0.15, -0.1) is 11.3 Å². The number of thiazole rings is 1. The van der Waals surface area contributed by atoms with Crippen molar-refractivity contribution < 1.29 is 19.1 Å². The van der Waals surface area contributed by atoms with Gasteiger partial charge in [-0.3, -0.25) is 9.59 Å². The van der Waals surface area contributed by atoms with Crippen molar-refractivity contribution in [2.24, 2.45) is 0 Å². The molecule has 2 rings (SSSR count). The van der Waals surface area contributed by atoms with Crippen molar-refractivity contribution >= 4 is 23.2 Å². The smallest absolute Gasteiger partial charge is 0.311 e. The zero-order valence-electron chi connectivity index (χ0n) is 10.2. The number of carbonyl (C=O) groups is 2. The fourth-order valence-electron chi connectivity index (χ4n) is 1.55. The van der Waals surface area contributed by atoms with E-state index < -0.39 is 5.97 Å². The first kappa shape index (κ1) is 13.3. The molecule has 6 nitrogen and oxygen atoms in total. The molecule has 0 spiro atoms. The van der Waals surface area contributed by atoms with Crippen LogP contribution in [0.3, 0.4) is 0 Å². The van der Waals surface area contributed by atoms with Gasteiger partial charge in [0.15, 0.2) is 0 Å². The molecule has 0 fully saturated rings. The highest BCUT2D eigenvalue weighted by molar-refractivity contribution is 7.09. The number of aromatic nitrogens is 1. The summed E-state index contributed by atoms with van der Waals surface area (Å²) in [6, 6.07) is 1.46. The predicted octanol–water partition coefficient (Wildman–Crippen LogP) is 1.60. The second kappa shape index (κ2) is 5.66. The molecule has 0 aliphatic heterocycles. The van der Waals surface area contributed by atoms with Gasteiger partial charge < -0.3 is 14.8 Å². The molecule has 19 heavy (non-hydrogen) atoms. The van der Waals surface area contributed by atoms with Crippen molar-refractivity contribution in [3.8, 4) is 0 Å². The summed E-state index contributed by atoms with van der Waals surface area (Å²) in [6.45, 7) is 2.19. The van der Waals surface area contributed by atoms with Crippen LogP contribution in [-0.2, 0) is 17.8 Å². The number of hydrogen-bond acceptors (Lipinski definition) is 5. The van der Waals surface area contributed by atoms with Gasteiger partial charge in [-0.25, -0.2) is 4.98 Å². The number of hydrogen-bond donors (Lipinski definition) is 2. The summed E-state index contributed by atoms with van der Waals surface area (Å²) < 4.78 is 5.00. The fourth-order valence-corrected chi connectivity index (χ4v) is 2.26. The molecule has 100 valence electrons. The Labute approximate surface area is 113 Å². The van der Waals surface area contributed by atoms with Crippen LogP contribution in [0, 0.1) is 6.92 Å². The minimum absolute atomic E-state index is 0.153. The second-order valence-electron chi connectivity index (χ2n) is 3.89. The second-order valence-corrected chi connectivity index (χ2v) is 4.84. The van der Waals surface area contributed by atoms with Crippen LogP contribution in [-0.4, -0.2) is 22.0 Å². The van der Waals surface area contributed by atoms with E-state index in [2.05, 4.69) is 10.3 Å². The highest BCUT2D eigenvalue weighted by Gasteiger charge is 2.17. The minimum atomic E-state index is -1.04. The summed E-state index contributed by atoms with van der Waals surface area (Å²) in [5.41, 5.74) is 1.15. The Morgan fingerprint density at radius 2 is 2.32 bits per heavy atom. The number of carboxylic acid groups (broad SMARTS) is 1. The van der Waals surface area contributed by atoms with Crippen molar-refractivity contribution in [1.29, 1.82) is 0 Å². The topological polar surface area (TPSA) is 92.4 Å². The van der Waals surface area contributed by atoms with Crippen LogP contribution in [0.5, 0.6) is 0 Å². The molecule has 0 bridgehead atoms. The number of amides is 1. The number of nitrogens with zero attached hydrogens (tertiary/aromatic N) is 1. The zero-order chi connectivity index (χ0) is 13.8. The zero-order valence-corrected chi connectivity index (χ0v) is 11.0. The third kappa shape index (κ3) is 3.41. The molecule has 7 heteroatoms. The summed E-state index contributed by atoms with van der Waals surface area (Å²) in [4.78, 5) is 26.7. The van der Waals surface area contributed by atoms with Gasteiger partial charge in [-0.1, -0.05) is 0 Å². The average molecular weight is 280 g/mol. The van der Waals surface area contributed by atoms with Crippen LogP contribution < -0.4 is 5.32 Å². The van der Waals surface area contributed by atoms with Crippen LogP contribution in [0.25, 0.3) is 0 Å². The molecule has 0 aromatic carbocycles. The first-order chi connectivity index (χ1) is 9.06. The van der Waals surface area contributed by atoms with E-state index in [0.29, 0.717) is 6.54 Å². The normalized spacial score (nSPS) is 10.4. The Bertz CT molecular complexity index is 602. The number of furan rings is 1. The van der Waals surface area contributed by atoms with E-state index in [1.54, 1.807) is 0 Å². The van der Waals surface area contributed by atoms with Crippen LogP contribution >= 0.6 is 11.3 Å². The minimum Gasteiger partial charge on any atom is -0.481 e. The SMILES string of the molecule is Cc1csc(CNC(=O)c2ccoc2CC(=O)O)n1. The van der Waals surface area contributed by atoms with Crippen LogP contribution in [0.15, 0.2) is 22.1 Å². The summed E-state index contributed by atoms with van der Waals surface area (Å²) in [7, 11) is 0. The van der Waals surface area contributed by atoms with Crippen LogP contribution in [0.2, 0.25) is 0 Å². The molecule has 0 saturated heterocycles. The highest BCUT2D eigenvalue weighted by Crippen LogP contribution is 2.12. The molecule has 1 amide bonds. The molecule has 2 heterocycles. The standard InChI is InChI=1S/C12H12N2O4S/c1-7-6-19-10(14-7)5-13-12(17)8-2-3-18-9(8)4-11(15)16/h2-3,6H,4-5H2,1H3,(H,13,17)(H,15,16). The Morgan fingerprint density at radius 1 is 1.53 bits per heavy atom. The molecule has 2 aromatic rings. The summed E-state index contributed by atoms with van der Waals surface area (Å²) in [5, 5.41) is 14.1.